The predicted molar refractivity (Wildman–Crippen MR) is 76.1 cm³/mol. The quantitative estimate of drug-likeness (QED) is 0.750. The lowest BCUT2D eigenvalue weighted by atomic mass is 10.2. The number of benzene rings is 1. The molecular weight excluding hydrogens is 280 g/mol. The van der Waals surface area contributed by atoms with Gasteiger partial charge >= 0.3 is 5.97 Å². The van der Waals surface area contributed by atoms with Crippen molar-refractivity contribution in [3.05, 3.63) is 29.8 Å². The monoisotopic (exact) mass is 300 g/mol. The fourth-order valence-corrected chi connectivity index (χ4v) is 2.49. The molecule has 0 fully saturated rings. The predicted octanol–water partition coefficient (Wildman–Crippen LogP) is 0.703. The maximum absolute atomic E-state index is 12.0. The van der Waals surface area contributed by atoms with Gasteiger partial charge in [-0.1, -0.05) is 0 Å². The molecule has 0 aliphatic heterocycles. The average Bonchev–Trinajstić information content (AvgIpc) is 2.38. The second-order valence-electron chi connectivity index (χ2n) is 4.45. The summed E-state index contributed by atoms with van der Waals surface area (Å²) in [5.74, 6) is -0.461. The number of carbonyl (C=O) groups is 1. The third-order valence-corrected chi connectivity index (χ3v) is 4.00. The van der Waals surface area contributed by atoms with Crippen LogP contribution in [0.4, 0.5) is 0 Å². The van der Waals surface area contributed by atoms with Crippen molar-refractivity contribution in [2.75, 3.05) is 33.8 Å². The van der Waals surface area contributed by atoms with Gasteiger partial charge < -0.3 is 9.64 Å². The van der Waals surface area contributed by atoms with Gasteiger partial charge in [0.05, 0.1) is 17.1 Å². The summed E-state index contributed by atoms with van der Waals surface area (Å²) < 4.78 is 31.3. The highest BCUT2D eigenvalue weighted by Gasteiger charge is 2.14. The minimum Gasteiger partial charge on any atom is -0.462 e. The number of hydrogen-bond acceptors (Lipinski definition) is 5. The number of hydrogen-bond donors (Lipinski definition) is 1. The van der Waals surface area contributed by atoms with E-state index in [1.807, 2.05) is 19.0 Å². The summed E-state index contributed by atoms with van der Waals surface area (Å²) >= 11 is 0. The smallest absolute Gasteiger partial charge is 0.338 e. The summed E-state index contributed by atoms with van der Waals surface area (Å²) in [4.78, 5) is 13.5. The molecule has 0 aliphatic carbocycles. The van der Waals surface area contributed by atoms with Crippen LogP contribution in [0.3, 0.4) is 0 Å². The fourth-order valence-electron chi connectivity index (χ4n) is 1.47. The Morgan fingerprint density at radius 3 is 2.35 bits per heavy atom. The summed E-state index contributed by atoms with van der Waals surface area (Å²) in [6.07, 6.45) is 0. The van der Waals surface area contributed by atoms with Crippen LogP contribution in [0, 0.1) is 0 Å². The van der Waals surface area contributed by atoms with Gasteiger partial charge in [-0.25, -0.2) is 17.9 Å². The van der Waals surface area contributed by atoms with Crippen LogP contribution >= 0.6 is 0 Å². The minimum atomic E-state index is -3.54. The molecule has 6 nitrogen and oxygen atoms in total. The van der Waals surface area contributed by atoms with Crippen molar-refractivity contribution in [2.45, 2.75) is 11.8 Å². The average molecular weight is 300 g/mol. The molecule has 0 atom stereocenters. The van der Waals surface area contributed by atoms with Crippen molar-refractivity contribution >= 4 is 16.0 Å². The SMILES string of the molecule is CCOC(=O)c1ccc(S(=O)(=O)NCCN(C)C)cc1. The van der Waals surface area contributed by atoms with Gasteiger partial charge in [0.1, 0.15) is 0 Å². The molecule has 0 saturated heterocycles. The Bertz CT molecular complexity index is 538. The highest BCUT2D eigenvalue weighted by molar-refractivity contribution is 7.89. The Morgan fingerprint density at radius 1 is 1.25 bits per heavy atom. The zero-order valence-electron chi connectivity index (χ0n) is 11.9. The van der Waals surface area contributed by atoms with Crippen LogP contribution in [0.25, 0.3) is 0 Å². The first kappa shape index (κ1) is 16.6. The van der Waals surface area contributed by atoms with Gasteiger partial charge in [-0.05, 0) is 45.3 Å². The van der Waals surface area contributed by atoms with Gasteiger partial charge in [-0.15, -0.1) is 0 Å². The lowest BCUT2D eigenvalue weighted by molar-refractivity contribution is 0.0526. The molecule has 0 heterocycles. The second kappa shape index (κ2) is 7.37. The molecule has 1 rings (SSSR count). The molecule has 1 aromatic carbocycles. The van der Waals surface area contributed by atoms with E-state index in [4.69, 9.17) is 4.74 Å². The van der Waals surface area contributed by atoms with Crippen LogP contribution in [0.1, 0.15) is 17.3 Å². The van der Waals surface area contributed by atoms with Crippen LogP contribution in [0.2, 0.25) is 0 Å². The van der Waals surface area contributed by atoms with Crippen LogP contribution in [0.15, 0.2) is 29.2 Å². The van der Waals surface area contributed by atoms with Crippen molar-refractivity contribution in [1.29, 1.82) is 0 Å². The van der Waals surface area contributed by atoms with E-state index in [2.05, 4.69) is 4.72 Å². The zero-order valence-corrected chi connectivity index (χ0v) is 12.7. The van der Waals surface area contributed by atoms with Gasteiger partial charge in [0.25, 0.3) is 0 Å². The van der Waals surface area contributed by atoms with Gasteiger partial charge in [0.15, 0.2) is 0 Å². The maximum Gasteiger partial charge on any atom is 0.338 e. The Kier molecular flexibility index (Phi) is 6.12. The Morgan fingerprint density at radius 2 is 1.85 bits per heavy atom. The van der Waals surface area contributed by atoms with E-state index in [0.717, 1.165) is 0 Å². The van der Waals surface area contributed by atoms with E-state index in [0.29, 0.717) is 18.7 Å². The van der Waals surface area contributed by atoms with Crippen molar-refractivity contribution in [1.82, 2.24) is 9.62 Å². The minimum absolute atomic E-state index is 0.129. The number of likely N-dealkylation sites (N-methyl/N-ethyl adjacent to an activating group) is 1. The molecule has 0 bridgehead atoms. The molecule has 0 amide bonds. The molecule has 0 saturated carbocycles. The molecule has 112 valence electrons. The molecule has 0 unspecified atom stereocenters. The number of rotatable bonds is 7. The van der Waals surface area contributed by atoms with Crippen LogP contribution < -0.4 is 4.72 Å². The van der Waals surface area contributed by atoms with Gasteiger partial charge in [0, 0.05) is 13.1 Å². The fraction of sp³-hybridized carbons (Fsp3) is 0.462. The molecule has 0 radical (unpaired) electrons. The Labute approximate surface area is 119 Å². The highest BCUT2D eigenvalue weighted by atomic mass is 32.2. The first-order chi connectivity index (χ1) is 9.36. The summed E-state index contributed by atoms with van der Waals surface area (Å²) in [6.45, 7) is 2.94. The number of nitrogens with one attached hydrogen (secondary N) is 1. The van der Waals surface area contributed by atoms with E-state index < -0.39 is 16.0 Å². The maximum atomic E-state index is 12.0. The lowest BCUT2D eigenvalue weighted by Gasteiger charge is -2.11. The molecule has 0 aliphatic rings. The van der Waals surface area contributed by atoms with Crippen LogP contribution in [-0.2, 0) is 14.8 Å². The highest BCUT2D eigenvalue weighted by Crippen LogP contribution is 2.11. The number of esters is 1. The summed E-state index contributed by atoms with van der Waals surface area (Å²) in [5, 5.41) is 0. The second-order valence-corrected chi connectivity index (χ2v) is 6.21. The first-order valence-corrected chi connectivity index (χ1v) is 7.76. The van der Waals surface area contributed by atoms with E-state index in [9.17, 15) is 13.2 Å². The van der Waals surface area contributed by atoms with Crippen LogP contribution in [-0.4, -0.2) is 53.1 Å². The molecule has 7 heteroatoms. The third-order valence-electron chi connectivity index (χ3n) is 2.53. The van der Waals surface area contributed by atoms with Crippen molar-refractivity contribution in [3.63, 3.8) is 0 Å². The molecular formula is C13H20N2O4S. The molecule has 0 aromatic heterocycles. The standard InChI is InChI=1S/C13H20N2O4S/c1-4-19-13(16)11-5-7-12(8-6-11)20(17,18)14-9-10-15(2)3/h5-8,14H,4,9-10H2,1-3H3. The molecule has 0 spiro atoms. The van der Waals surface area contributed by atoms with E-state index >= 15 is 0 Å². The van der Waals surface area contributed by atoms with E-state index in [1.165, 1.54) is 24.3 Å². The van der Waals surface area contributed by atoms with Crippen molar-refractivity contribution in [2.24, 2.45) is 0 Å². The Hall–Kier alpha value is -1.44. The molecule has 1 aromatic rings. The van der Waals surface area contributed by atoms with Gasteiger partial charge in [-0.3, -0.25) is 0 Å². The first-order valence-electron chi connectivity index (χ1n) is 6.28. The number of ether oxygens (including phenoxy) is 1. The van der Waals surface area contributed by atoms with Crippen molar-refractivity contribution in [3.8, 4) is 0 Å². The summed E-state index contributed by atoms with van der Waals surface area (Å²) in [5.41, 5.74) is 0.332. The molecule has 20 heavy (non-hydrogen) atoms. The van der Waals surface area contributed by atoms with E-state index in [-0.39, 0.29) is 11.5 Å². The zero-order chi connectivity index (χ0) is 15.2. The Balaban J connectivity index is 2.74. The normalized spacial score (nSPS) is 11.6. The topological polar surface area (TPSA) is 75.7 Å². The van der Waals surface area contributed by atoms with Crippen molar-refractivity contribution < 1.29 is 17.9 Å². The van der Waals surface area contributed by atoms with Gasteiger partial charge in [0.2, 0.25) is 10.0 Å². The number of carbonyl (C=O) groups excluding carboxylic acids is 1. The lowest BCUT2D eigenvalue weighted by Crippen LogP contribution is -2.31. The summed E-state index contributed by atoms with van der Waals surface area (Å²) in [6, 6.07) is 5.67. The van der Waals surface area contributed by atoms with Crippen LogP contribution in [0.5, 0.6) is 0 Å². The van der Waals surface area contributed by atoms with Gasteiger partial charge in [-0.2, -0.15) is 0 Å². The number of nitrogens with zero attached hydrogens (tertiary/aromatic N) is 1. The third kappa shape index (κ3) is 4.92. The largest absolute Gasteiger partial charge is 0.462 e. The number of sulfonamides is 1. The summed E-state index contributed by atoms with van der Waals surface area (Å²) in [7, 11) is 0.188. The molecule has 1 N–H and O–H groups in total. The van der Waals surface area contributed by atoms with E-state index in [1.54, 1.807) is 6.92 Å².